The summed E-state index contributed by atoms with van der Waals surface area (Å²) in [6.45, 7) is 6.78. The number of sulfone groups is 1. The van der Waals surface area contributed by atoms with Crippen molar-refractivity contribution in [3.8, 4) is 5.75 Å². The van der Waals surface area contributed by atoms with Gasteiger partial charge in [0, 0.05) is 6.04 Å². The summed E-state index contributed by atoms with van der Waals surface area (Å²) in [7, 11) is -1.65. The number of hydrogen-bond acceptors (Lipinski definition) is 4. The molecular formula is C15H23NO3S. The molecule has 0 spiro atoms. The van der Waals surface area contributed by atoms with Gasteiger partial charge in [-0.05, 0) is 49.6 Å². The Hall–Kier alpha value is -1.07. The number of benzene rings is 1. The number of hydrogen-bond donors (Lipinski definition) is 1. The van der Waals surface area contributed by atoms with E-state index in [1.807, 2.05) is 13.0 Å². The summed E-state index contributed by atoms with van der Waals surface area (Å²) in [6, 6.07) is 5.30. The molecule has 1 heterocycles. The summed E-state index contributed by atoms with van der Waals surface area (Å²) in [6.07, 6.45) is 1.02. The van der Waals surface area contributed by atoms with Gasteiger partial charge >= 0.3 is 0 Å². The summed E-state index contributed by atoms with van der Waals surface area (Å²) < 4.78 is 30.4. The fraction of sp³-hybridized carbons (Fsp3) is 0.600. The van der Waals surface area contributed by atoms with Crippen LogP contribution in [0.25, 0.3) is 0 Å². The molecule has 0 bridgehead atoms. The van der Waals surface area contributed by atoms with Crippen LogP contribution >= 0.6 is 0 Å². The van der Waals surface area contributed by atoms with Crippen molar-refractivity contribution in [2.45, 2.75) is 43.4 Å². The van der Waals surface area contributed by atoms with Crippen LogP contribution in [0.15, 0.2) is 23.1 Å². The molecule has 0 saturated carbocycles. The van der Waals surface area contributed by atoms with Crippen LogP contribution in [0.1, 0.15) is 38.8 Å². The summed E-state index contributed by atoms with van der Waals surface area (Å²) in [5, 5.41) is 3.10. The molecule has 0 radical (unpaired) electrons. The number of methoxy groups -OCH3 is 1. The molecule has 4 nitrogen and oxygen atoms in total. The summed E-state index contributed by atoms with van der Waals surface area (Å²) in [4.78, 5) is 0.442. The van der Waals surface area contributed by atoms with Gasteiger partial charge in [0.05, 0.1) is 17.3 Å². The molecule has 1 aromatic rings. The highest BCUT2D eigenvalue weighted by molar-refractivity contribution is 7.92. The van der Waals surface area contributed by atoms with Crippen molar-refractivity contribution in [2.24, 2.45) is 5.92 Å². The Balaban J connectivity index is 2.56. The van der Waals surface area contributed by atoms with E-state index in [0.29, 0.717) is 10.6 Å². The minimum absolute atomic E-state index is 0.0335. The third-order valence-corrected chi connectivity index (χ3v) is 6.62. The predicted octanol–water partition coefficient (Wildman–Crippen LogP) is 2.55. The lowest BCUT2D eigenvalue weighted by Crippen LogP contribution is -2.41. The Labute approximate surface area is 121 Å². The molecule has 0 amide bonds. The molecule has 3 atom stereocenters. The van der Waals surface area contributed by atoms with Gasteiger partial charge < -0.3 is 10.1 Å². The first-order valence-electron chi connectivity index (χ1n) is 7.08. The van der Waals surface area contributed by atoms with E-state index < -0.39 is 9.84 Å². The fourth-order valence-corrected chi connectivity index (χ4v) is 4.68. The smallest absolute Gasteiger partial charge is 0.181 e. The largest absolute Gasteiger partial charge is 0.497 e. The number of ether oxygens (including phenoxy) is 1. The second kappa shape index (κ2) is 5.74. The maximum atomic E-state index is 12.6. The van der Waals surface area contributed by atoms with Crippen molar-refractivity contribution in [1.82, 2.24) is 5.32 Å². The third-order valence-electron chi connectivity index (χ3n) is 4.23. The zero-order valence-corrected chi connectivity index (χ0v) is 13.3. The first-order valence-corrected chi connectivity index (χ1v) is 8.63. The lowest BCUT2D eigenvalue weighted by atomic mass is 9.91. The quantitative estimate of drug-likeness (QED) is 0.928. The SMILES string of the molecule is CCCNC1c2cc(OC)ccc2S(=O)(=O)C(C)C1C. The molecule has 5 heteroatoms. The van der Waals surface area contributed by atoms with Gasteiger partial charge in [-0.3, -0.25) is 0 Å². The van der Waals surface area contributed by atoms with Gasteiger partial charge in [0.1, 0.15) is 5.75 Å². The van der Waals surface area contributed by atoms with Gasteiger partial charge in [0.15, 0.2) is 9.84 Å². The van der Waals surface area contributed by atoms with E-state index in [2.05, 4.69) is 12.2 Å². The van der Waals surface area contributed by atoms with Crippen molar-refractivity contribution >= 4 is 9.84 Å². The molecule has 112 valence electrons. The van der Waals surface area contributed by atoms with Gasteiger partial charge in [-0.25, -0.2) is 8.42 Å². The first-order chi connectivity index (χ1) is 9.43. The normalized spacial score (nSPS) is 27.9. The van der Waals surface area contributed by atoms with Crippen molar-refractivity contribution in [3.63, 3.8) is 0 Å². The highest BCUT2D eigenvalue weighted by atomic mass is 32.2. The van der Waals surface area contributed by atoms with Gasteiger partial charge in [-0.15, -0.1) is 0 Å². The van der Waals surface area contributed by atoms with Crippen molar-refractivity contribution < 1.29 is 13.2 Å². The zero-order valence-electron chi connectivity index (χ0n) is 12.5. The Bertz CT molecular complexity index is 583. The molecule has 0 fully saturated rings. The second-order valence-corrected chi connectivity index (χ2v) is 7.72. The lowest BCUT2D eigenvalue weighted by molar-refractivity contribution is 0.355. The average Bonchev–Trinajstić information content (AvgIpc) is 2.45. The number of fused-ring (bicyclic) bond motifs is 1. The van der Waals surface area contributed by atoms with Crippen LogP contribution in [-0.2, 0) is 9.84 Å². The van der Waals surface area contributed by atoms with E-state index >= 15 is 0 Å². The third kappa shape index (κ3) is 2.44. The summed E-state index contributed by atoms with van der Waals surface area (Å²) >= 11 is 0. The standard InChI is InChI=1S/C15H23NO3S/c1-5-8-16-15-10(2)11(3)20(17,18)14-7-6-12(19-4)9-13(14)15/h6-7,9-11,15-16H,5,8H2,1-4H3. The van der Waals surface area contributed by atoms with Gasteiger partial charge in [0.25, 0.3) is 0 Å². The van der Waals surface area contributed by atoms with Crippen LogP contribution in [0, 0.1) is 5.92 Å². The van der Waals surface area contributed by atoms with Gasteiger partial charge in [0.2, 0.25) is 0 Å². The van der Waals surface area contributed by atoms with Gasteiger partial charge in [-0.2, -0.15) is 0 Å². The van der Waals surface area contributed by atoms with E-state index in [0.717, 1.165) is 18.5 Å². The fourth-order valence-electron chi connectivity index (χ4n) is 2.79. The van der Waals surface area contributed by atoms with E-state index in [9.17, 15) is 8.42 Å². The predicted molar refractivity (Wildman–Crippen MR) is 79.8 cm³/mol. The molecular weight excluding hydrogens is 274 g/mol. The van der Waals surface area contributed by atoms with Crippen LogP contribution in [0.4, 0.5) is 0 Å². The number of nitrogens with one attached hydrogen (secondary N) is 1. The van der Waals surface area contributed by atoms with Crippen molar-refractivity contribution in [2.75, 3.05) is 13.7 Å². The number of rotatable bonds is 4. The van der Waals surface area contributed by atoms with Gasteiger partial charge in [-0.1, -0.05) is 13.8 Å². The van der Waals surface area contributed by atoms with E-state index in [-0.39, 0.29) is 17.2 Å². The van der Waals surface area contributed by atoms with E-state index in [1.165, 1.54) is 0 Å². The molecule has 0 aromatic heterocycles. The van der Waals surface area contributed by atoms with Crippen molar-refractivity contribution in [3.05, 3.63) is 23.8 Å². The second-order valence-electron chi connectivity index (χ2n) is 5.44. The Morgan fingerprint density at radius 3 is 2.60 bits per heavy atom. The minimum atomic E-state index is -3.25. The Kier molecular flexibility index (Phi) is 4.39. The lowest BCUT2D eigenvalue weighted by Gasteiger charge is -2.36. The van der Waals surface area contributed by atoms with Crippen LogP contribution in [-0.4, -0.2) is 27.3 Å². The molecule has 1 aliphatic heterocycles. The maximum Gasteiger partial charge on any atom is 0.181 e. The molecule has 3 unspecified atom stereocenters. The van der Waals surface area contributed by atoms with Crippen LogP contribution < -0.4 is 10.1 Å². The molecule has 0 aliphatic carbocycles. The van der Waals surface area contributed by atoms with Crippen LogP contribution in [0.3, 0.4) is 0 Å². The Morgan fingerprint density at radius 2 is 2.00 bits per heavy atom. The highest BCUT2D eigenvalue weighted by Gasteiger charge is 2.41. The van der Waals surface area contributed by atoms with Crippen LogP contribution in [0.5, 0.6) is 5.75 Å². The van der Waals surface area contributed by atoms with Crippen LogP contribution in [0.2, 0.25) is 0 Å². The van der Waals surface area contributed by atoms with E-state index in [4.69, 9.17) is 4.74 Å². The van der Waals surface area contributed by atoms with E-state index in [1.54, 1.807) is 26.2 Å². The minimum Gasteiger partial charge on any atom is -0.497 e. The molecule has 1 N–H and O–H groups in total. The Morgan fingerprint density at radius 1 is 1.30 bits per heavy atom. The highest BCUT2D eigenvalue weighted by Crippen LogP contribution is 2.41. The molecule has 2 rings (SSSR count). The molecule has 20 heavy (non-hydrogen) atoms. The average molecular weight is 297 g/mol. The molecule has 1 aromatic carbocycles. The maximum absolute atomic E-state index is 12.6. The topological polar surface area (TPSA) is 55.4 Å². The monoisotopic (exact) mass is 297 g/mol. The molecule has 0 saturated heterocycles. The van der Waals surface area contributed by atoms with Crippen molar-refractivity contribution in [1.29, 1.82) is 0 Å². The molecule has 1 aliphatic rings. The zero-order chi connectivity index (χ0) is 14.9. The summed E-state index contributed by atoms with van der Waals surface area (Å²) in [5.41, 5.74) is 0.836. The summed E-state index contributed by atoms with van der Waals surface area (Å²) in [5.74, 6) is 0.732. The first kappa shape index (κ1) is 15.3.